The van der Waals surface area contributed by atoms with E-state index in [1.54, 1.807) is 18.2 Å². The topological polar surface area (TPSA) is 118 Å². The molecule has 1 aliphatic carbocycles. The molecule has 196 valence electrons. The maximum Gasteiger partial charge on any atom is 0.330 e. The van der Waals surface area contributed by atoms with Gasteiger partial charge in [0.1, 0.15) is 5.54 Å². The summed E-state index contributed by atoms with van der Waals surface area (Å²) in [7, 11) is 0. The number of hydrogen-bond donors (Lipinski definition) is 1. The second kappa shape index (κ2) is 9.47. The first-order chi connectivity index (χ1) is 18.1. The maximum atomic E-state index is 14.5. The minimum absolute atomic E-state index is 0.184. The fraction of sp³-hybridized carbons (Fsp3) is 0.345. The number of hydrogen-bond acceptors (Lipinski definition) is 6. The van der Waals surface area contributed by atoms with Crippen molar-refractivity contribution in [3.63, 3.8) is 0 Å². The van der Waals surface area contributed by atoms with Crippen molar-refractivity contribution < 1.29 is 24.4 Å². The van der Waals surface area contributed by atoms with Gasteiger partial charge in [-0.05, 0) is 61.7 Å². The largest absolute Gasteiger partial charge is 0.479 e. The van der Waals surface area contributed by atoms with E-state index in [2.05, 4.69) is 0 Å². The molecule has 0 bridgehead atoms. The molecule has 2 fully saturated rings. The lowest BCUT2D eigenvalue weighted by atomic mass is 9.73. The van der Waals surface area contributed by atoms with Gasteiger partial charge in [-0.15, -0.1) is 11.3 Å². The summed E-state index contributed by atoms with van der Waals surface area (Å²) >= 11 is 1.37. The van der Waals surface area contributed by atoms with Crippen LogP contribution >= 0.6 is 11.3 Å². The van der Waals surface area contributed by atoms with Crippen molar-refractivity contribution >= 4 is 34.7 Å². The second-order valence-electron chi connectivity index (χ2n) is 10.4. The van der Waals surface area contributed by atoms with Gasteiger partial charge in [0.05, 0.1) is 16.9 Å². The Hall–Kier alpha value is -3.85. The van der Waals surface area contributed by atoms with E-state index >= 15 is 0 Å². The third-order valence-electron chi connectivity index (χ3n) is 8.00. The zero-order chi connectivity index (χ0) is 27.4. The molecule has 0 spiro atoms. The Morgan fingerprint density at radius 1 is 1.05 bits per heavy atom. The highest BCUT2D eigenvalue weighted by Crippen LogP contribution is 2.59. The molecule has 1 amide bonds. The van der Waals surface area contributed by atoms with Gasteiger partial charge in [-0.25, -0.2) is 4.79 Å². The minimum Gasteiger partial charge on any atom is -0.479 e. The van der Waals surface area contributed by atoms with E-state index in [9.17, 15) is 29.6 Å². The number of carboxylic acid groups (broad SMARTS) is 1. The number of non-ortho nitro benzene ring substituents is 1. The Bertz CT molecular complexity index is 1460. The first-order valence-electron chi connectivity index (χ1n) is 12.5. The van der Waals surface area contributed by atoms with Crippen molar-refractivity contribution in [2.75, 3.05) is 0 Å². The van der Waals surface area contributed by atoms with Crippen molar-refractivity contribution in [3.05, 3.63) is 97.2 Å². The van der Waals surface area contributed by atoms with Crippen molar-refractivity contribution in [2.24, 2.45) is 11.8 Å². The lowest BCUT2D eigenvalue weighted by Gasteiger charge is -2.38. The Morgan fingerprint density at radius 3 is 2.34 bits per heavy atom. The highest BCUT2D eigenvalue weighted by Gasteiger charge is 2.66. The van der Waals surface area contributed by atoms with E-state index in [-0.39, 0.29) is 23.3 Å². The second-order valence-corrected chi connectivity index (χ2v) is 11.3. The lowest BCUT2D eigenvalue weighted by Crippen LogP contribution is -2.54. The van der Waals surface area contributed by atoms with Crippen molar-refractivity contribution in [3.8, 4) is 0 Å². The zero-order valence-corrected chi connectivity index (χ0v) is 22.1. The molecule has 9 heteroatoms. The van der Waals surface area contributed by atoms with Crippen LogP contribution in [-0.4, -0.2) is 38.1 Å². The van der Waals surface area contributed by atoms with Crippen LogP contribution in [0.15, 0.2) is 60.0 Å². The quantitative estimate of drug-likeness (QED) is 0.237. The van der Waals surface area contributed by atoms with Gasteiger partial charge in [0.25, 0.3) is 5.69 Å². The van der Waals surface area contributed by atoms with Gasteiger partial charge in [-0.3, -0.25) is 19.7 Å². The molecule has 1 aliphatic heterocycles. The molecule has 38 heavy (non-hydrogen) atoms. The molecule has 4 unspecified atom stereocenters. The summed E-state index contributed by atoms with van der Waals surface area (Å²) < 4.78 is 0. The molecule has 8 nitrogen and oxygen atoms in total. The monoisotopic (exact) mass is 532 g/mol. The number of Topliss-reactive ketones (excluding diaryl/α,β-unsaturated/α-hetero) is 1. The molecular weight excluding hydrogens is 504 g/mol. The number of carbonyl (C=O) groups is 3. The van der Waals surface area contributed by atoms with Crippen molar-refractivity contribution in [1.82, 2.24) is 4.90 Å². The zero-order valence-electron chi connectivity index (χ0n) is 21.3. The van der Waals surface area contributed by atoms with Crippen LogP contribution in [0.25, 0.3) is 0 Å². The van der Waals surface area contributed by atoms with E-state index in [0.717, 1.165) is 16.0 Å². The molecule has 5 rings (SSSR count). The standard InChI is InChI=1S/C29H28N2O6S/c1-16-7-4-5-10-21(16)25(32)22-23(26-17(2)13-14-38-26)29(3,28(34)35)30(27(33)18-11-12-18)24(22)19-8-6-9-20(15-19)31(36)37/h4-10,13-15,18,22-24H,11-12H2,1-3H3,(H,34,35). The number of nitro groups is 1. The van der Waals surface area contributed by atoms with Crippen LogP contribution in [0.4, 0.5) is 5.69 Å². The molecule has 1 saturated heterocycles. The third-order valence-corrected chi connectivity index (χ3v) is 9.10. The summed E-state index contributed by atoms with van der Waals surface area (Å²) in [4.78, 5) is 54.9. The summed E-state index contributed by atoms with van der Waals surface area (Å²) in [6, 6.07) is 13.9. The fourth-order valence-electron chi connectivity index (χ4n) is 5.88. The van der Waals surface area contributed by atoms with Crippen LogP contribution in [0.3, 0.4) is 0 Å². The van der Waals surface area contributed by atoms with Gasteiger partial charge in [0.2, 0.25) is 5.91 Å². The minimum atomic E-state index is -1.76. The predicted molar refractivity (Wildman–Crippen MR) is 142 cm³/mol. The van der Waals surface area contributed by atoms with Crippen LogP contribution in [-0.2, 0) is 9.59 Å². The smallest absolute Gasteiger partial charge is 0.330 e. The van der Waals surface area contributed by atoms with E-state index < -0.39 is 34.3 Å². The molecule has 2 aromatic carbocycles. The number of carbonyl (C=O) groups excluding carboxylic acids is 2. The van der Waals surface area contributed by atoms with Gasteiger partial charge >= 0.3 is 5.97 Å². The van der Waals surface area contributed by atoms with E-state index in [0.29, 0.717) is 24.0 Å². The lowest BCUT2D eigenvalue weighted by molar-refractivity contribution is -0.385. The molecule has 2 aliphatic rings. The maximum absolute atomic E-state index is 14.5. The highest BCUT2D eigenvalue weighted by atomic mass is 32.1. The summed E-state index contributed by atoms with van der Waals surface area (Å²) in [6.07, 6.45) is 1.29. The summed E-state index contributed by atoms with van der Waals surface area (Å²) in [5, 5.41) is 24.3. The normalized spacial score (nSPS) is 24.8. The van der Waals surface area contributed by atoms with Gasteiger partial charge in [0.15, 0.2) is 5.78 Å². The highest BCUT2D eigenvalue weighted by molar-refractivity contribution is 7.10. The molecule has 1 N–H and O–H groups in total. The van der Waals surface area contributed by atoms with Gasteiger partial charge in [-0.2, -0.15) is 0 Å². The van der Waals surface area contributed by atoms with Gasteiger partial charge in [-0.1, -0.05) is 36.4 Å². The first kappa shape index (κ1) is 25.8. The van der Waals surface area contributed by atoms with E-state index in [1.165, 1.54) is 41.4 Å². The summed E-state index contributed by atoms with van der Waals surface area (Å²) in [6.45, 7) is 5.21. The number of aryl methyl sites for hydroxylation is 2. The number of nitro benzene ring substituents is 1. The Kier molecular flexibility index (Phi) is 6.43. The molecule has 4 atom stereocenters. The number of amides is 1. The number of likely N-dealkylation sites (tertiary alicyclic amines) is 1. The average Bonchev–Trinajstić information content (AvgIpc) is 3.60. The van der Waals surface area contributed by atoms with E-state index in [4.69, 9.17) is 0 Å². The third kappa shape index (κ3) is 4.01. The van der Waals surface area contributed by atoms with Crippen LogP contribution in [0.1, 0.15) is 63.7 Å². The van der Waals surface area contributed by atoms with Crippen molar-refractivity contribution in [1.29, 1.82) is 0 Å². The average molecular weight is 533 g/mol. The number of thiophene rings is 1. The molecule has 1 saturated carbocycles. The fourth-order valence-corrected chi connectivity index (χ4v) is 7.08. The van der Waals surface area contributed by atoms with Crippen LogP contribution in [0.5, 0.6) is 0 Å². The SMILES string of the molecule is Cc1ccccc1C(=O)C1C(c2cccc([N+](=O)[O-])c2)N(C(=O)C2CC2)C(C)(C(=O)O)C1c1sccc1C. The number of rotatable bonds is 7. The Labute approximate surface area is 224 Å². The molecule has 3 aromatic rings. The Morgan fingerprint density at radius 2 is 1.76 bits per heavy atom. The van der Waals surface area contributed by atoms with Crippen LogP contribution in [0.2, 0.25) is 0 Å². The predicted octanol–water partition coefficient (Wildman–Crippen LogP) is 5.69. The number of benzene rings is 2. The molecule has 1 aromatic heterocycles. The number of ketones is 1. The van der Waals surface area contributed by atoms with Crippen LogP contribution < -0.4 is 0 Å². The first-order valence-corrected chi connectivity index (χ1v) is 13.4. The summed E-state index contributed by atoms with van der Waals surface area (Å²) in [5.74, 6) is -3.98. The Balaban J connectivity index is 1.83. The van der Waals surface area contributed by atoms with Gasteiger partial charge < -0.3 is 10.0 Å². The molecule has 0 radical (unpaired) electrons. The summed E-state index contributed by atoms with van der Waals surface area (Å²) in [5.41, 5.74) is 0.462. The number of aliphatic carboxylic acids is 1. The van der Waals surface area contributed by atoms with Gasteiger partial charge in [0, 0.05) is 34.4 Å². The van der Waals surface area contributed by atoms with Crippen LogP contribution in [0, 0.1) is 35.8 Å². The molecule has 2 heterocycles. The number of nitrogens with zero attached hydrogens (tertiary/aromatic N) is 2. The van der Waals surface area contributed by atoms with E-state index in [1.807, 2.05) is 37.4 Å². The molecular formula is C29H28N2O6S. The number of carboxylic acids is 1. The van der Waals surface area contributed by atoms with Crippen molar-refractivity contribution in [2.45, 2.75) is 51.1 Å².